The maximum absolute atomic E-state index is 11.6. The van der Waals surface area contributed by atoms with Crippen LogP contribution in [-0.2, 0) is 18.3 Å². The summed E-state index contributed by atoms with van der Waals surface area (Å²) in [4.78, 5) is 14.2. The number of nitrogens with one attached hydrogen (secondary N) is 1. The number of aromatic nitrogens is 1. The zero-order chi connectivity index (χ0) is 20.5. The van der Waals surface area contributed by atoms with Crippen LogP contribution >= 0.6 is 15.9 Å². The van der Waals surface area contributed by atoms with E-state index in [0.717, 1.165) is 32.5 Å². The summed E-state index contributed by atoms with van der Waals surface area (Å²) in [7, 11) is 3.57. The van der Waals surface area contributed by atoms with Gasteiger partial charge in [0.2, 0.25) is 0 Å². The summed E-state index contributed by atoms with van der Waals surface area (Å²) < 4.78 is 8.25. The lowest BCUT2D eigenvalue weighted by molar-refractivity contribution is 0.0600. The molecule has 2 aliphatic heterocycles. The molecule has 1 fully saturated rings. The van der Waals surface area contributed by atoms with Gasteiger partial charge in [-0.05, 0) is 68.6 Å². The number of likely N-dealkylation sites (tertiary alicyclic amines) is 1. The molecule has 2 aromatic rings. The van der Waals surface area contributed by atoms with E-state index in [9.17, 15) is 4.79 Å². The molecular weight excluding hydrogens is 430 g/mol. The van der Waals surface area contributed by atoms with E-state index in [-0.39, 0.29) is 5.97 Å². The minimum atomic E-state index is -0.276. The van der Waals surface area contributed by atoms with Crippen molar-refractivity contribution in [2.45, 2.75) is 38.3 Å². The smallest absolute Gasteiger partial charge is 0.337 e. The average molecular weight is 458 g/mol. The number of rotatable bonds is 4. The van der Waals surface area contributed by atoms with Crippen molar-refractivity contribution >= 4 is 32.2 Å². The van der Waals surface area contributed by atoms with Gasteiger partial charge in [-0.25, -0.2) is 4.79 Å². The molecule has 0 radical (unpaired) electrons. The van der Waals surface area contributed by atoms with Crippen molar-refractivity contribution in [3.63, 3.8) is 0 Å². The fourth-order valence-electron chi connectivity index (χ4n) is 4.39. The summed E-state index contributed by atoms with van der Waals surface area (Å²) >= 11 is 3.72. The first kappa shape index (κ1) is 20.2. The minimum Gasteiger partial charge on any atom is -0.465 e. The van der Waals surface area contributed by atoms with Crippen molar-refractivity contribution in [3.8, 4) is 0 Å². The number of anilines is 1. The van der Waals surface area contributed by atoms with Crippen molar-refractivity contribution in [2.24, 2.45) is 7.05 Å². The fourth-order valence-corrected chi connectivity index (χ4v) is 5.09. The number of hydrogen-bond donors (Lipinski definition) is 1. The van der Waals surface area contributed by atoms with E-state index >= 15 is 0 Å². The lowest BCUT2D eigenvalue weighted by Gasteiger charge is -2.32. The maximum atomic E-state index is 11.6. The van der Waals surface area contributed by atoms with Crippen molar-refractivity contribution in [1.29, 1.82) is 0 Å². The second-order valence-corrected chi connectivity index (χ2v) is 8.92. The van der Waals surface area contributed by atoms with Gasteiger partial charge in [-0.15, -0.1) is 0 Å². The normalized spacial score (nSPS) is 20.0. The predicted octanol–water partition coefficient (Wildman–Crippen LogP) is 4.74. The molecule has 1 atom stereocenters. The number of ether oxygens (including phenoxy) is 1. The molecule has 1 aromatic carbocycles. The highest BCUT2D eigenvalue weighted by molar-refractivity contribution is 9.15. The summed E-state index contributed by atoms with van der Waals surface area (Å²) in [6, 6.07) is 10.5. The maximum Gasteiger partial charge on any atom is 0.337 e. The van der Waals surface area contributed by atoms with E-state index < -0.39 is 0 Å². The van der Waals surface area contributed by atoms with Gasteiger partial charge in [0.05, 0.1) is 12.7 Å². The highest BCUT2D eigenvalue weighted by atomic mass is 79.9. The quantitative estimate of drug-likeness (QED) is 0.673. The number of methoxy groups -OCH3 is 1. The van der Waals surface area contributed by atoms with Crippen LogP contribution in [0.15, 0.2) is 36.4 Å². The predicted molar refractivity (Wildman–Crippen MR) is 120 cm³/mol. The molecule has 4 rings (SSSR count). The number of carbonyl (C=O) groups is 1. The monoisotopic (exact) mass is 457 g/mol. The number of hydrogen-bond acceptors (Lipinski definition) is 4. The Morgan fingerprint density at radius 3 is 2.59 bits per heavy atom. The molecule has 1 N–H and O–H groups in total. The van der Waals surface area contributed by atoms with Crippen LogP contribution in [0, 0.1) is 0 Å². The molecule has 5 nitrogen and oxygen atoms in total. The zero-order valence-corrected chi connectivity index (χ0v) is 18.8. The van der Waals surface area contributed by atoms with Gasteiger partial charge in [-0.1, -0.05) is 28.1 Å². The van der Waals surface area contributed by atoms with E-state index in [4.69, 9.17) is 4.74 Å². The molecule has 0 saturated carbocycles. The van der Waals surface area contributed by atoms with Crippen LogP contribution < -0.4 is 5.32 Å². The molecule has 0 bridgehead atoms. The van der Waals surface area contributed by atoms with Crippen LogP contribution in [0.2, 0.25) is 0 Å². The van der Waals surface area contributed by atoms with Crippen LogP contribution in [0.5, 0.6) is 0 Å². The SMILES string of the molecule is COC(=O)c1ccc(C2CCN(Cc3cc4c(n3C)NC(C)C=C4Br)CC2)cc1. The molecule has 29 heavy (non-hydrogen) atoms. The van der Waals surface area contributed by atoms with Gasteiger partial charge >= 0.3 is 5.97 Å². The third kappa shape index (κ3) is 4.14. The van der Waals surface area contributed by atoms with Gasteiger partial charge in [0.25, 0.3) is 0 Å². The number of halogens is 1. The largest absolute Gasteiger partial charge is 0.465 e. The molecule has 6 heteroatoms. The van der Waals surface area contributed by atoms with E-state index in [1.54, 1.807) is 0 Å². The van der Waals surface area contributed by atoms with Crippen LogP contribution in [0.3, 0.4) is 0 Å². The Kier molecular flexibility index (Phi) is 5.83. The first-order valence-electron chi connectivity index (χ1n) is 10.2. The van der Waals surface area contributed by atoms with Gasteiger partial charge in [0.15, 0.2) is 0 Å². The summed E-state index contributed by atoms with van der Waals surface area (Å²) in [5.74, 6) is 1.48. The van der Waals surface area contributed by atoms with E-state index in [1.165, 1.54) is 34.2 Å². The summed E-state index contributed by atoms with van der Waals surface area (Å²) in [6.45, 7) is 5.30. The lowest BCUT2D eigenvalue weighted by Crippen LogP contribution is -2.33. The van der Waals surface area contributed by atoms with Crippen LogP contribution in [0.25, 0.3) is 4.48 Å². The van der Waals surface area contributed by atoms with Gasteiger partial charge in [-0.3, -0.25) is 4.90 Å². The van der Waals surface area contributed by atoms with Crippen LogP contribution in [-0.4, -0.2) is 41.7 Å². The Labute approximate surface area is 180 Å². The molecular formula is C23H28BrN3O2. The third-order valence-electron chi connectivity index (χ3n) is 6.13. The molecule has 0 aliphatic carbocycles. The summed E-state index contributed by atoms with van der Waals surface area (Å²) in [5.41, 5.74) is 4.52. The molecule has 2 aliphatic rings. The molecule has 1 unspecified atom stereocenters. The molecule has 3 heterocycles. The molecule has 1 aromatic heterocycles. The second-order valence-electron chi connectivity index (χ2n) is 8.07. The summed E-state index contributed by atoms with van der Waals surface area (Å²) in [5, 5.41) is 3.57. The minimum absolute atomic E-state index is 0.276. The van der Waals surface area contributed by atoms with E-state index in [1.807, 2.05) is 12.1 Å². The Balaban J connectivity index is 1.38. The Bertz CT molecular complexity index is 924. The molecule has 154 valence electrons. The summed E-state index contributed by atoms with van der Waals surface area (Å²) in [6.07, 6.45) is 4.49. The standard InChI is InChI=1S/C23H28BrN3O2/c1-15-12-21(24)20-13-19(26(2)22(20)25-15)14-27-10-8-17(9-11-27)16-4-6-18(7-5-16)23(28)29-3/h4-7,12-13,15,17,25H,8-11,14H2,1-3H3. The van der Waals surface area contributed by atoms with Crippen molar-refractivity contribution in [2.75, 3.05) is 25.5 Å². The molecule has 0 amide bonds. The van der Waals surface area contributed by atoms with Gasteiger partial charge in [0, 0.05) is 35.4 Å². The van der Waals surface area contributed by atoms with Crippen molar-refractivity contribution < 1.29 is 9.53 Å². The van der Waals surface area contributed by atoms with Gasteiger partial charge < -0.3 is 14.6 Å². The highest BCUT2D eigenvalue weighted by Gasteiger charge is 2.24. The van der Waals surface area contributed by atoms with E-state index in [0.29, 0.717) is 17.5 Å². The van der Waals surface area contributed by atoms with Crippen molar-refractivity contribution in [3.05, 3.63) is 58.8 Å². The van der Waals surface area contributed by atoms with Gasteiger partial charge in [0.1, 0.15) is 5.82 Å². The number of piperidine rings is 1. The molecule has 1 saturated heterocycles. The van der Waals surface area contributed by atoms with Crippen LogP contribution in [0.4, 0.5) is 5.82 Å². The number of fused-ring (bicyclic) bond motifs is 1. The second kappa shape index (κ2) is 8.36. The van der Waals surface area contributed by atoms with Gasteiger partial charge in [-0.2, -0.15) is 0 Å². The van der Waals surface area contributed by atoms with E-state index in [2.05, 4.69) is 69.0 Å². The number of nitrogens with zero attached hydrogens (tertiary/aromatic N) is 2. The highest BCUT2D eigenvalue weighted by Crippen LogP contribution is 2.36. The lowest BCUT2D eigenvalue weighted by atomic mass is 9.89. The first-order chi connectivity index (χ1) is 14.0. The Morgan fingerprint density at radius 1 is 1.24 bits per heavy atom. The third-order valence-corrected chi connectivity index (χ3v) is 6.82. The van der Waals surface area contributed by atoms with Crippen molar-refractivity contribution in [1.82, 2.24) is 9.47 Å². The number of esters is 1. The Morgan fingerprint density at radius 2 is 1.93 bits per heavy atom. The topological polar surface area (TPSA) is 46.5 Å². The van der Waals surface area contributed by atoms with Crippen LogP contribution in [0.1, 0.15) is 52.9 Å². The first-order valence-corrected chi connectivity index (χ1v) is 11.0. The zero-order valence-electron chi connectivity index (χ0n) is 17.2. The molecule has 0 spiro atoms. The number of carbonyl (C=O) groups excluding carboxylic acids is 1. The average Bonchev–Trinajstić information content (AvgIpc) is 3.04. The fraction of sp³-hybridized carbons (Fsp3) is 0.435. The Hall–Kier alpha value is -2.05. The number of benzene rings is 1.